The van der Waals surface area contributed by atoms with Gasteiger partial charge < -0.3 is 14.9 Å². The van der Waals surface area contributed by atoms with Gasteiger partial charge in [-0.1, -0.05) is 38.7 Å². The molecular formula is C30H38O5. The third kappa shape index (κ3) is 4.03. The maximum Gasteiger partial charge on any atom is 0.331 e. The first-order valence-electron chi connectivity index (χ1n) is 13.1. The standard InChI is InChI=1S/C30H38O5/c1-5-6-7-8-9-10-11-13-25(31)35-24-18-23-28(3,16-12-17-29(23,4)27(33)34)22-15-14-21-19-30(22,24)26(32)20(21)2/h11,13,21-24,26,32H,2,5-6,12,14-19H2,1,3-4H3,(H,33,34). The summed E-state index contributed by atoms with van der Waals surface area (Å²) in [7, 11) is 0. The van der Waals surface area contributed by atoms with E-state index >= 15 is 0 Å². The van der Waals surface area contributed by atoms with Gasteiger partial charge in [0.1, 0.15) is 6.10 Å². The SMILES string of the molecule is C=C1C2CCC3C4(C)CCCC(C)(C(=O)O)C4CC(OC(=O)C=CC#CC#CCCC)C3(C2)C1O. The number of aliphatic hydroxyl groups is 1. The highest BCUT2D eigenvalue weighted by molar-refractivity contribution is 5.83. The molecule has 0 amide bonds. The molecule has 188 valence electrons. The Bertz CT molecular complexity index is 1050. The normalized spacial score (nSPS) is 41.6. The molecule has 0 aromatic rings. The number of ether oxygens (including phenoxy) is 1. The molecule has 5 nitrogen and oxygen atoms in total. The number of carboxylic acid groups (broad SMARTS) is 1. The summed E-state index contributed by atoms with van der Waals surface area (Å²) in [5.41, 5.74) is -0.874. The molecule has 4 aliphatic carbocycles. The van der Waals surface area contributed by atoms with Crippen LogP contribution in [0.4, 0.5) is 0 Å². The van der Waals surface area contributed by atoms with E-state index in [1.165, 1.54) is 12.2 Å². The molecule has 2 bridgehead atoms. The summed E-state index contributed by atoms with van der Waals surface area (Å²) >= 11 is 0. The van der Waals surface area contributed by atoms with E-state index in [9.17, 15) is 19.8 Å². The van der Waals surface area contributed by atoms with Gasteiger partial charge in [0.15, 0.2) is 0 Å². The van der Waals surface area contributed by atoms with Crippen molar-refractivity contribution in [3.05, 3.63) is 24.3 Å². The first-order valence-corrected chi connectivity index (χ1v) is 13.1. The number of rotatable bonds is 4. The van der Waals surface area contributed by atoms with E-state index in [-0.39, 0.29) is 23.2 Å². The Balaban J connectivity index is 1.66. The largest absolute Gasteiger partial charge is 0.481 e. The van der Waals surface area contributed by atoms with Crippen molar-refractivity contribution >= 4 is 11.9 Å². The molecule has 4 saturated carbocycles. The van der Waals surface area contributed by atoms with Gasteiger partial charge in [-0.2, -0.15) is 0 Å². The number of fused-ring (bicyclic) bond motifs is 3. The van der Waals surface area contributed by atoms with Gasteiger partial charge in [0, 0.05) is 17.9 Å². The van der Waals surface area contributed by atoms with Crippen molar-refractivity contribution in [3.63, 3.8) is 0 Å². The molecule has 4 fully saturated rings. The van der Waals surface area contributed by atoms with Crippen LogP contribution in [0.15, 0.2) is 24.3 Å². The van der Waals surface area contributed by atoms with Gasteiger partial charge >= 0.3 is 11.9 Å². The molecule has 4 rings (SSSR count). The smallest absolute Gasteiger partial charge is 0.331 e. The predicted octanol–water partition coefficient (Wildman–Crippen LogP) is 4.90. The number of aliphatic carboxylic acids is 1. The van der Waals surface area contributed by atoms with Crippen molar-refractivity contribution in [3.8, 4) is 23.7 Å². The molecule has 0 aromatic carbocycles. The van der Waals surface area contributed by atoms with E-state index in [0.29, 0.717) is 12.8 Å². The van der Waals surface area contributed by atoms with Gasteiger partial charge in [0.25, 0.3) is 0 Å². The second kappa shape index (κ2) is 9.51. The quantitative estimate of drug-likeness (QED) is 0.260. The minimum absolute atomic E-state index is 0.0774. The van der Waals surface area contributed by atoms with Gasteiger partial charge in [0.05, 0.1) is 11.5 Å². The van der Waals surface area contributed by atoms with E-state index in [2.05, 4.69) is 37.2 Å². The fourth-order valence-electron chi connectivity index (χ4n) is 8.28. The molecule has 8 unspecified atom stereocenters. The van der Waals surface area contributed by atoms with Crippen LogP contribution < -0.4 is 0 Å². The lowest BCUT2D eigenvalue weighted by atomic mass is 9.40. The molecule has 0 saturated heterocycles. The Labute approximate surface area is 209 Å². The van der Waals surface area contributed by atoms with Crippen LogP contribution in [0.25, 0.3) is 0 Å². The van der Waals surface area contributed by atoms with Crippen molar-refractivity contribution in [2.45, 2.75) is 90.8 Å². The monoisotopic (exact) mass is 478 g/mol. The van der Waals surface area contributed by atoms with Crippen LogP contribution in [-0.2, 0) is 14.3 Å². The molecule has 0 heterocycles. The molecule has 35 heavy (non-hydrogen) atoms. The number of aliphatic hydroxyl groups excluding tert-OH is 1. The molecule has 0 radical (unpaired) electrons. The van der Waals surface area contributed by atoms with Crippen molar-refractivity contribution in [2.24, 2.45) is 34.0 Å². The van der Waals surface area contributed by atoms with Gasteiger partial charge in [0.2, 0.25) is 0 Å². The van der Waals surface area contributed by atoms with Crippen molar-refractivity contribution < 1.29 is 24.5 Å². The lowest BCUT2D eigenvalue weighted by Crippen LogP contribution is -2.65. The Hall–Kier alpha value is -2.50. The molecule has 5 heteroatoms. The van der Waals surface area contributed by atoms with Crippen molar-refractivity contribution in [1.82, 2.24) is 0 Å². The number of esters is 1. The van der Waals surface area contributed by atoms with E-state index < -0.39 is 35.0 Å². The van der Waals surface area contributed by atoms with Crippen LogP contribution in [0, 0.1) is 57.7 Å². The Kier molecular flexibility index (Phi) is 6.96. The number of carboxylic acids is 1. The number of allylic oxidation sites excluding steroid dienone is 1. The van der Waals surface area contributed by atoms with Crippen LogP contribution in [0.1, 0.15) is 78.6 Å². The third-order valence-corrected chi connectivity index (χ3v) is 9.91. The number of hydrogen-bond donors (Lipinski definition) is 2. The van der Waals surface area contributed by atoms with Gasteiger partial charge in [-0.15, -0.1) is 0 Å². The molecular weight excluding hydrogens is 440 g/mol. The summed E-state index contributed by atoms with van der Waals surface area (Å²) in [6.07, 6.45) is 8.66. The van der Waals surface area contributed by atoms with E-state index in [1.807, 2.05) is 13.8 Å². The van der Waals surface area contributed by atoms with E-state index in [0.717, 1.165) is 50.5 Å². The Morgan fingerprint density at radius 1 is 1.20 bits per heavy atom. The maximum absolute atomic E-state index is 12.9. The fourth-order valence-corrected chi connectivity index (χ4v) is 8.28. The van der Waals surface area contributed by atoms with Gasteiger partial charge in [-0.3, -0.25) is 4.79 Å². The summed E-state index contributed by atoms with van der Waals surface area (Å²) in [5.74, 6) is 10.0. The van der Waals surface area contributed by atoms with Crippen LogP contribution >= 0.6 is 0 Å². The summed E-state index contributed by atoms with van der Waals surface area (Å²) in [5, 5.41) is 21.8. The molecule has 0 aliphatic heterocycles. The van der Waals surface area contributed by atoms with Crippen molar-refractivity contribution in [2.75, 3.05) is 0 Å². The van der Waals surface area contributed by atoms with Gasteiger partial charge in [-0.05, 0) is 98.5 Å². The number of unbranched alkanes of at least 4 members (excludes halogenated alkanes) is 1. The van der Waals surface area contributed by atoms with Crippen LogP contribution in [0.3, 0.4) is 0 Å². The number of hydrogen-bond acceptors (Lipinski definition) is 4. The number of carbonyl (C=O) groups is 2. The molecule has 0 aromatic heterocycles. The lowest BCUT2D eigenvalue weighted by Gasteiger charge is -2.65. The highest BCUT2D eigenvalue weighted by Gasteiger charge is 2.71. The number of carbonyl (C=O) groups excluding carboxylic acids is 1. The summed E-state index contributed by atoms with van der Waals surface area (Å²) < 4.78 is 6.09. The lowest BCUT2D eigenvalue weighted by molar-refractivity contribution is -0.232. The average Bonchev–Trinajstić information content (AvgIpc) is 3.00. The van der Waals surface area contributed by atoms with E-state index in [4.69, 9.17) is 4.74 Å². The zero-order valence-electron chi connectivity index (χ0n) is 21.2. The maximum atomic E-state index is 12.9. The van der Waals surface area contributed by atoms with E-state index in [1.54, 1.807) is 0 Å². The molecule has 4 aliphatic rings. The summed E-state index contributed by atoms with van der Waals surface area (Å²) in [6, 6.07) is 0. The molecule has 1 spiro atoms. The summed E-state index contributed by atoms with van der Waals surface area (Å²) in [4.78, 5) is 25.4. The highest BCUT2D eigenvalue weighted by Crippen LogP contribution is 2.72. The second-order valence-corrected chi connectivity index (χ2v) is 11.6. The third-order valence-electron chi connectivity index (χ3n) is 9.91. The topological polar surface area (TPSA) is 83.8 Å². The summed E-state index contributed by atoms with van der Waals surface area (Å²) in [6.45, 7) is 10.4. The van der Waals surface area contributed by atoms with Crippen LogP contribution in [0.5, 0.6) is 0 Å². The zero-order valence-corrected chi connectivity index (χ0v) is 21.2. The highest BCUT2D eigenvalue weighted by atomic mass is 16.5. The van der Waals surface area contributed by atoms with Gasteiger partial charge in [-0.25, -0.2) is 4.79 Å². The predicted molar refractivity (Wildman–Crippen MR) is 134 cm³/mol. The minimum atomic E-state index is -0.880. The Morgan fingerprint density at radius 2 is 1.97 bits per heavy atom. The van der Waals surface area contributed by atoms with Crippen LogP contribution in [0.2, 0.25) is 0 Å². The second-order valence-electron chi connectivity index (χ2n) is 11.6. The average molecular weight is 479 g/mol. The fraction of sp³-hybridized carbons (Fsp3) is 0.667. The molecule has 2 N–H and O–H groups in total. The molecule has 8 atom stereocenters. The van der Waals surface area contributed by atoms with Crippen molar-refractivity contribution in [1.29, 1.82) is 0 Å². The first-order chi connectivity index (χ1) is 16.6. The minimum Gasteiger partial charge on any atom is -0.481 e. The van der Waals surface area contributed by atoms with Crippen LogP contribution in [-0.4, -0.2) is 34.4 Å². The first kappa shape index (κ1) is 25.6. The zero-order chi connectivity index (χ0) is 25.4. The Morgan fingerprint density at radius 3 is 2.69 bits per heavy atom.